The number of benzene rings is 10. The first-order valence-corrected chi connectivity index (χ1v) is 24.1. The third-order valence-corrected chi connectivity index (χ3v) is 14.8. The smallest absolute Gasteiger partial charge is 0.164 e. The number of nitrogens with zero attached hydrogens (tertiary/aromatic N) is 5. The molecular weight excluding hydrogens is 859 g/mol. The SMILES string of the molecule is c1ccc(-c2nc(-c3ccccc3)nc(-c3ccc(-c4ccc(-n5c6ccccc6c6cc(-c7ccc8c(c7)c7ccccc7n8-c7ccc8sc9ccccc9c8c7)ccc65)cc4)cc3)n2)cc1. The molecule has 14 aromatic rings. The van der Waals surface area contributed by atoms with Crippen molar-refractivity contribution < 1.29 is 0 Å². The van der Waals surface area contributed by atoms with E-state index in [0.29, 0.717) is 17.5 Å². The lowest BCUT2D eigenvalue weighted by Gasteiger charge is -2.11. The van der Waals surface area contributed by atoms with E-state index in [1.54, 1.807) is 0 Å². The average molecular weight is 898 g/mol. The summed E-state index contributed by atoms with van der Waals surface area (Å²) < 4.78 is 7.45. The lowest BCUT2D eigenvalue weighted by molar-refractivity contribution is 1.07. The van der Waals surface area contributed by atoms with Crippen LogP contribution in [-0.4, -0.2) is 24.1 Å². The van der Waals surface area contributed by atoms with Gasteiger partial charge in [-0.3, -0.25) is 0 Å². The van der Waals surface area contributed by atoms with Crippen LogP contribution < -0.4 is 0 Å². The number of aromatic nitrogens is 5. The third-order valence-electron chi connectivity index (χ3n) is 13.6. The highest BCUT2D eigenvalue weighted by Crippen LogP contribution is 2.41. The Morgan fingerprint density at radius 1 is 0.246 bits per heavy atom. The van der Waals surface area contributed by atoms with Crippen LogP contribution in [0.2, 0.25) is 0 Å². The summed E-state index contributed by atoms with van der Waals surface area (Å²) >= 11 is 1.86. The van der Waals surface area contributed by atoms with Crippen molar-refractivity contribution in [1.29, 1.82) is 0 Å². The van der Waals surface area contributed by atoms with Gasteiger partial charge in [-0.25, -0.2) is 15.0 Å². The van der Waals surface area contributed by atoms with Gasteiger partial charge in [0, 0.05) is 69.8 Å². The maximum Gasteiger partial charge on any atom is 0.164 e. The number of fused-ring (bicyclic) bond motifs is 9. The zero-order chi connectivity index (χ0) is 45.4. The molecule has 0 saturated heterocycles. The molecule has 10 aromatic carbocycles. The third kappa shape index (κ3) is 6.56. The van der Waals surface area contributed by atoms with Crippen molar-refractivity contribution in [1.82, 2.24) is 24.1 Å². The Kier molecular flexibility index (Phi) is 9.00. The van der Waals surface area contributed by atoms with Gasteiger partial charge in [-0.15, -0.1) is 11.3 Å². The zero-order valence-electron chi connectivity index (χ0n) is 37.2. The Bertz CT molecular complexity index is 4220. The Labute approximate surface area is 401 Å². The molecule has 69 heavy (non-hydrogen) atoms. The van der Waals surface area contributed by atoms with Crippen LogP contribution in [0.25, 0.3) is 132 Å². The van der Waals surface area contributed by atoms with Crippen LogP contribution in [0.5, 0.6) is 0 Å². The largest absolute Gasteiger partial charge is 0.309 e. The normalized spacial score (nSPS) is 11.8. The first kappa shape index (κ1) is 39.2. The van der Waals surface area contributed by atoms with Gasteiger partial charge in [-0.1, -0.05) is 164 Å². The number of hydrogen-bond donors (Lipinski definition) is 0. The van der Waals surface area contributed by atoms with E-state index in [-0.39, 0.29) is 0 Å². The van der Waals surface area contributed by atoms with E-state index < -0.39 is 0 Å². The van der Waals surface area contributed by atoms with Gasteiger partial charge in [0.2, 0.25) is 0 Å². The molecule has 0 spiro atoms. The molecule has 4 heterocycles. The van der Waals surface area contributed by atoms with Gasteiger partial charge in [-0.2, -0.15) is 0 Å². The van der Waals surface area contributed by atoms with E-state index in [0.717, 1.165) is 33.5 Å². The summed E-state index contributed by atoms with van der Waals surface area (Å²) in [4.78, 5) is 14.7. The molecule has 0 amide bonds. The van der Waals surface area contributed by atoms with Gasteiger partial charge in [0.1, 0.15) is 0 Å². The molecule has 0 unspecified atom stereocenters. The first-order chi connectivity index (χ1) is 34.2. The van der Waals surface area contributed by atoms with Crippen LogP contribution in [0.15, 0.2) is 237 Å². The van der Waals surface area contributed by atoms with Gasteiger partial charge in [-0.05, 0) is 95.1 Å². The molecule has 6 heteroatoms. The number of thiophene rings is 1. The predicted octanol–water partition coefficient (Wildman–Crippen LogP) is 16.8. The zero-order valence-corrected chi connectivity index (χ0v) is 38.0. The standard InChI is InChI=1S/C63H39N5S/c1-3-13-42(14-4-1)61-64-62(43-15-5-2-6-16-43)66-63(65-61)44-25-23-40(24-26-44)41-27-31-47(32-28-41)67-55-20-10-7-17-49(55)52-37-45(29-34-57(52)67)46-30-35-58-53(38-46)50-18-8-11-21-56(50)68(58)48-33-36-60-54(39-48)51-19-9-12-22-59(51)69-60/h1-39H. The minimum absolute atomic E-state index is 0.643. The van der Waals surface area contributed by atoms with Crippen molar-refractivity contribution in [3.05, 3.63) is 237 Å². The fourth-order valence-electron chi connectivity index (χ4n) is 10.3. The first-order valence-electron chi connectivity index (χ1n) is 23.3. The lowest BCUT2D eigenvalue weighted by atomic mass is 10.0. The van der Waals surface area contributed by atoms with Crippen molar-refractivity contribution in [3.8, 4) is 67.8 Å². The van der Waals surface area contributed by atoms with Crippen LogP contribution in [0.1, 0.15) is 0 Å². The second-order valence-corrected chi connectivity index (χ2v) is 18.7. The number of para-hydroxylation sites is 2. The predicted molar refractivity (Wildman–Crippen MR) is 289 cm³/mol. The average Bonchev–Trinajstić information content (AvgIpc) is 4.08. The summed E-state index contributed by atoms with van der Waals surface area (Å²) in [5, 5.41) is 7.57. The Morgan fingerprint density at radius 3 is 1.20 bits per heavy atom. The van der Waals surface area contributed by atoms with E-state index in [9.17, 15) is 0 Å². The van der Waals surface area contributed by atoms with Crippen molar-refractivity contribution >= 4 is 75.1 Å². The monoisotopic (exact) mass is 897 g/mol. The van der Waals surface area contributed by atoms with Crippen LogP contribution >= 0.6 is 11.3 Å². The molecule has 0 atom stereocenters. The molecule has 0 N–H and O–H groups in total. The second kappa shape index (κ2) is 15.8. The van der Waals surface area contributed by atoms with Gasteiger partial charge >= 0.3 is 0 Å². The fraction of sp³-hybridized carbons (Fsp3) is 0. The molecular formula is C63H39N5S. The van der Waals surface area contributed by atoms with E-state index in [1.165, 1.54) is 80.6 Å². The molecule has 5 nitrogen and oxygen atoms in total. The molecule has 0 aliphatic heterocycles. The van der Waals surface area contributed by atoms with E-state index in [4.69, 9.17) is 15.0 Å². The minimum Gasteiger partial charge on any atom is -0.309 e. The molecule has 0 fully saturated rings. The summed E-state index contributed by atoms with van der Waals surface area (Å²) in [6.07, 6.45) is 0. The van der Waals surface area contributed by atoms with E-state index >= 15 is 0 Å². The highest BCUT2D eigenvalue weighted by Gasteiger charge is 2.18. The number of hydrogen-bond acceptors (Lipinski definition) is 4. The number of rotatable bonds is 7. The van der Waals surface area contributed by atoms with Crippen LogP contribution in [0.4, 0.5) is 0 Å². The molecule has 0 aliphatic carbocycles. The second-order valence-electron chi connectivity index (χ2n) is 17.6. The molecule has 0 radical (unpaired) electrons. The molecule has 4 aromatic heterocycles. The molecule has 14 rings (SSSR count). The quantitative estimate of drug-likeness (QED) is 0.160. The van der Waals surface area contributed by atoms with Crippen molar-refractivity contribution in [2.45, 2.75) is 0 Å². The van der Waals surface area contributed by atoms with Gasteiger partial charge < -0.3 is 9.13 Å². The highest BCUT2D eigenvalue weighted by atomic mass is 32.1. The molecule has 0 bridgehead atoms. The fourth-order valence-corrected chi connectivity index (χ4v) is 11.4. The van der Waals surface area contributed by atoms with E-state index in [1.807, 2.05) is 72.0 Å². The highest BCUT2D eigenvalue weighted by molar-refractivity contribution is 7.25. The Balaban J connectivity index is 0.801. The van der Waals surface area contributed by atoms with Crippen molar-refractivity contribution in [3.63, 3.8) is 0 Å². The summed E-state index contributed by atoms with van der Waals surface area (Å²) in [5.41, 5.74) is 14.5. The minimum atomic E-state index is 0.643. The molecule has 0 saturated carbocycles. The summed E-state index contributed by atoms with van der Waals surface area (Å²) in [7, 11) is 0. The summed E-state index contributed by atoms with van der Waals surface area (Å²) in [5.74, 6) is 1.95. The maximum atomic E-state index is 4.94. The van der Waals surface area contributed by atoms with Crippen LogP contribution in [0.3, 0.4) is 0 Å². The topological polar surface area (TPSA) is 48.5 Å². The van der Waals surface area contributed by atoms with Crippen molar-refractivity contribution in [2.75, 3.05) is 0 Å². The maximum absolute atomic E-state index is 4.94. The van der Waals surface area contributed by atoms with Gasteiger partial charge in [0.15, 0.2) is 17.5 Å². The summed E-state index contributed by atoms with van der Waals surface area (Å²) in [6, 6.07) is 84.7. The molecule has 0 aliphatic rings. The van der Waals surface area contributed by atoms with Gasteiger partial charge in [0.05, 0.1) is 22.1 Å². The lowest BCUT2D eigenvalue weighted by Crippen LogP contribution is -2.00. The van der Waals surface area contributed by atoms with Crippen LogP contribution in [0, 0.1) is 0 Å². The van der Waals surface area contributed by atoms with Crippen molar-refractivity contribution in [2.24, 2.45) is 0 Å². The van der Waals surface area contributed by atoms with Crippen LogP contribution in [-0.2, 0) is 0 Å². The summed E-state index contributed by atoms with van der Waals surface area (Å²) in [6.45, 7) is 0. The Hall–Kier alpha value is -8.97. The molecule has 322 valence electrons. The Morgan fingerprint density at radius 2 is 0.638 bits per heavy atom. The van der Waals surface area contributed by atoms with Gasteiger partial charge in [0.25, 0.3) is 0 Å². The van der Waals surface area contributed by atoms with E-state index in [2.05, 4.69) is 185 Å².